The van der Waals surface area contributed by atoms with Crippen molar-refractivity contribution in [3.8, 4) is 11.1 Å². The topological polar surface area (TPSA) is 16.4 Å². The summed E-state index contributed by atoms with van der Waals surface area (Å²) in [6.07, 6.45) is 16.4. The molecule has 0 radical (unpaired) electrons. The van der Waals surface area contributed by atoms with Crippen molar-refractivity contribution >= 4 is 44.5 Å². The highest BCUT2D eigenvalue weighted by Crippen LogP contribution is 2.53. The van der Waals surface area contributed by atoms with Crippen molar-refractivity contribution in [3.63, 3.8) is 0 Å². The van der Waals surface area contributed by atoms with E-state index in [1.54, 1.807) is 0 Å². The quantitative estimate of drug-likeness (QED) is 0.207. The van der Waals surface area contributed by atoms with Gasteiger partial charge in [-0.3, -0.25) is 0 Å². The molecule has 1 aliphatic heterocycles. The third kappa shape index (κ3) is 4.09. The van der Waals surface area contributed by atoms with Crippen molar-refractivity contribution in [3.05, 3.63) is 168 Å². The summed E-state index contributed by atoms with van der Waals surface area (Å²) in [5.74, 6) is 0. The van der Waals surface area contributed by atoms with Crippen molar-refractivity contribution in [1.82, 2.24) is 0 Å². The highest BCUT2D eigenvalue weighted by atomic mass is 16.3. The molecule has 0 saturated carbocycles. The third-order valence-electron chi connectivity index (χ3n) is 9.89. The highest BCUT2D eigenvalue weighted by Gasteiger charge is 2.47. The maximum atomic E-state index is 6.51. The first kappa shape index (κ1) is 26.1. The molecule has 0 saturated heterocycles. The zero-order valence-electron chi connectivity index (χ0n) is 25.3. The number of para-hydroxylation sites is 4. The Morgan fingerprint density at radius 2 is 1.44 bits per heavy atom. The summed E-state index contributed by atoms with van der Waals surface area (Å²) < 4.78 is 6.51. The van der Waals surface area contributed by atoms with Crippen LogP contribution in [0.5, 0.6) is 0 Å². The van der Waals surface area contributed by atoms with Crippen LogP contribution in [-0.4, -0.2) is 6.04 Å². The Labute approximate surface area is 263 Å². The lowest BCUT2D eigenvalue weighted by Gasteiger charge is -2.36. The van der Waals surface area contributed by atoms with Crippen LogP contribution < -0.4 is 4.90 Å². The Morgan fingerprint density at radius 3 is 2.31 bits per heavy atom. The molecule has 0 spiro atoms. The Kier molecular flexibility index (Phi) is 5.86. The molecule has 0 amide bonds. The molecular formula is C43H33NO. The van der Waals surface area contributed by atoms with Crippen LogP contribution in [0.25, 0.3) is 44.2 Å². The summed E-state index contributed by atoms with van der Waals surface area (Å²) in [7, 11) is 0. The van der Waals surface area contributed by atoms with E-state index in [2.05, 4.69) is 157 Å². The number of rotatable bonds is 4. The first-order valence-electron chi connectivity index (χ1n) is 16.0. The Balaban J connectivity index is 1.22. The van der Waals surface area contributed by atoms with Crippen LogP contribution in [0.15, 0.2) is 156 Å². The van der Waals surface area contributed by atoms with Gasteiger partial charge in [-0.25, -0.2) is 0 Å². The van der Waals surface area contributed by atoms with E-state index in [1.807, 2.05) is 6.07 Å². The van der Waals surface area contributed by atoms with Crippen molar-refractivity contribution < 1.29 is 4.42 Å². The molecule has 0 fully saturated rings. The second-order valence-electron chi connectivity index (χ2n) is 12.6. The summed E-state index contributed by atoms with van der Waals surface area (Å²) in [6, 6.07) is 41.8. The number of hydrogen-bond donors (Lipinski definition) is 0. The third-order valence-corrected chi connectivity index (χ3v) is 9.89. The molecule has 0 bridgehead atoms. The molecule has 2 heterocycles. The van der Waals surface area contributed by atoms with Gasteiger partial charge in [0.25, 0.3) is 0 Å². The highest BCUT2D eigenvalue weighted by molar-refractivity contribution is 6.09. The van der Waals surface area contributed by atoms with E-state index in [-0.39, 0.29) is 11.5 Å². The largest absolute Gasteiger partial charge is 0.455 e. The summed E-state index contributed by atoms with van der Waals surface area (Å²) >= 11 is 0. The molecule has 2 heteroatoms. The first-order valence-corrected chi connectivity index (χ1v) is 16.0. The second kappa shape index (κ2) is 10.1. The molecule has 2 nitrogen and oxygen atoms in total. The van der Waals surface area contributed by atoms with Crippen LogP contribution in [-0.2, 0) is 5.41 Å². The summed E-state index contributed by atoms with van der Waals surface area (Å²) in [4.78, 5) is 2.50. The van der Waals surface area contributed by atoms with Gasteiger partial charge in [0.15, 0.2) is 0 Å². The average Bonchev–Trinajstić information content (AvgIpc) is 3.61. The van der Waals surface area contributed by atoms with Crippen LogP contribution in [0.2, 0.25) is 0 Å². The average molecular weight is 580 g/mol. The van der Waals surface area contributed by atoms with Gasteiger partial charge in [0, 0.05) is 33.1 Å². The maximum Gasteiger partial charge on any atom is 0.143 e. The molecule has 9 rings (SSSR count). The number of hydrogen-bond acceptors (Lipinski definition) is 2. The number of furan rings is 1. The van der Waals surface area contributed by atoms with Crippen molar-refractivity contribution in [2.75, 3.05) is 4.90 Å². The number of fused-ring (bicyclic) bond motifs is 6. The molecule has 3 aliphatic rings. The van der Waals surface area contributed by atoms with E-state index < -0.39 is 0 Å². The van der Waals surface area contributed by atoms with Crippen LogP contribution in [0, 0.1) is 0 Å². The molecule has 5 aromatic carbocycles. The van der Waals surface area contributed by atoms with Gasteiger partial charge in [-0.1, -0.05) is 109 Å². The lowest BCUT2D eigenvalue weighted by atomic mass is 9.73. The van der Waals surface area contributed by atoms with Gasteiger partial charge in [-0.05, 0) is 95.6 Å². The van der Waals surface area contributed by atoms with E-state index in [0.29, 0.717) is 0 Å². The Hall–Kier alpha value is -5.34. The fourth-order valence-electron chi connectivity index (χ4n) is 7.72. The van der Waals surface area contributed by atoms with E-state index in [0.717, 1.165) is 40.3 Å². The molecule has 2 aliphatic carbocycles. The minimum atomic E-state index is -0.185. The van der Waals surface area contributed by atoms with Crippen molar-refractivity contribution in [2.24, 2.45) is 0 Å². The molecule has 1 aromatic heterocycles. The molecule has 2 unspecified atom stereocenters. The fourth-order valence-corrected chi connectivity index (χ4v) is 7.72. The first-order chi connectivity index (χ1) is 22.2. The Bertz CT molecular complexity index is 2240. The van der Waals surface area contributed by atoms with Gasteiger partial charge in [0.2, 0.25) is 0 Å². The number of benzene rings is 5. The molecular weight excluding hydrogens is 546 g/mol. The second-order valence-corrected chi connectivity index (χ2v) is 12.6. The van der Waals surface area contributed by atoms with Crippen LogP contribution in [0.4, 0.5) is 11.4 Å². The molecule has 2 atom stereocenters. The summed E-state index contributed by atoms with van der Waals surface area (Å²) in [5, 5.41) is 2.31. The van der Waals surface area contributed by atoms with Crippen molar-refractivity contribution in [2.45, 2.75) is 31.2 Å². The molecule has 45 heavy (non-hydrogen) atoms. The lowest BCUT2D eigenvalue weighted by molar-refractivity contribution is 0.553. The Morgan fingerprint density at radius 1 is 0.689 bits per heavy atom. The SMILES string of the molecule is CC12C=C(c3cc(C4=CCCC=C4)cc(-c4cccc5c4oc4ccccc45)c3)C=CC1N(c1ccccc1)c1ccccc12. The zero-order valence-corrected chi connectivity index (χ0v) is 25.3. The zero-order chi connectivity index (χ0) is 30.0. The molecule has 0 N–H and O–H groups in total. The van der Waals surface area contributed by atoms with Gasteiger partial charge < -0.3 is 9.32 Å². The maximum absolute atomic E-state index is 6.51. The van der Waals surface area contributed by atoms with Gasteiger partial charge in [-0.15, -0.1) is 0 Å². The van der Waals surface area contributed by atoms with E-state index >= 15 is 0 Å². The van der Waals surface area contributed by atoms with Crippen LogP contribution in [0.3, 0.4) is 0 Å². The van der Waals surface area contributed by atoms with Gasteiger partial charge in [0.05, 0.1) is 6.04 Å². The van der Waals surface area contributed by atoms with E-state index in [9.17, 15) is 0 Å². The number of nitrogens with zero attached hydrogens (tertiary/aromatic N) is 1. The molecule has 6 aromatic rings. The summed E-state index contributed by atoms with van der Waals surface area (Å²) in [6.45, 7) is 2.40. The minimum absolute atomic E-state index is 0.185. The van der Waals surface area contributed by atoms with Gasteiger partial charge >= 0.3 is 0 Å². The number of allylic oxidation sites excluding steroid dienone is 6. The number of anilines is 2. The summed E-state index contributed by atoms with van der Waals surface area (Å²) in [5.41, 5.74) is 12.8. The van der Waals surface area contributed by atoms with Gasteiger partial charge in [-0.2, -0.15) is 0 Å². The normalized spacial score (nSPS) is 20.3. The predicted octanol–water partition coefficient (Wildman–Crippen LogP) is 11.4. The fraction of sp³-hybridized carbons (Fsp3) is 0.116. The van der Waals surface area contributed by atoms with E-state index in [1.165, 1.54) is 44.8 Å². The van der Waals surface area contributed by atoms with E-state index in [4.69, 9.17) is 4.42 Å². The smallest absolute Gasteiger partial charge is 0.143 e. The van der Waals surface area contributed by atoms with Crippen molar-refractivity contribution in [1.29, 1.82) is 0 Å². The van der Waals surface area contributed by atoms with Crippen LogP contribution in [0.1, 0.15) is 36.5 Å². The monoisotopic (exact) mass is 579 g/mol. The predicted molar refractivity (Wildman–Crippen MR) is 189 cm³/mol. The van der Waals surface area contributed by atoms with Gasteiger partial charge in [0.1, 0.15) is 11.2 Å². The lowest BCUT2D eigenvalue weighted by Crippen LogP contribution is -2.39. The standard InChI is InChI=1S/C43H33NO/c1-43-28-30(23-24-41(43)44(34-15-6-3-7-16-34)39-21-10-9-20-38(39)43)32-25-31(29-13-4-2-5-14-29)26-33(27-32)35-18-12-19-37-36-17-8-11-22-40(36)45-42(35)37/h3-4,6-28,41H,2,5H2,1H3. The minimum Gasteiger partial charge on any atom is -0.455 e. The molecule has 216 valence electrons. The van der Waals surface area contributed by atoms with Crippen LogP contribution >= 0.6 is 0 Å².